The molecule has 0 radical (unpaired) electrons. The first-order valence-electron chi connectivity index (χ1n) is 7.74. The lowest BCUT2D eigenvalue weighted by molar-refractivity contribution is 0.0168. The van der Waals surface area contributed by atoms with Gasteiger partial charge in [-0.05, 0) is 60.4 Å². The van der Waals surface area contributed by atoms with E-state index < -0.39 is 5.60 Å². The SMILES string of the molecule is OC1(Cn2cncn2)CCc2cc(Oc3ccc(Cl)cc3)ccc21. The van der Waals surface area contributed by atoms with Crippen LogP contribution in [0.25, 0.3) is 0 Å². The molecule has 0 spiro atoms. The highest BCUT2D eigenvalue weighted by Crippen LogP contribution is 2.40. The smallest absolute Gasteiger partial charge is 0.137 e. The maximum Gasteiger partial charge on any atom is 0.137 e. The van der Waals surface area contributed by atoms with Crippen LogP contribution in [0.1, 0.15) is 17.5 Å². The number of fused-ring (bicyclic) bond motifs is 1. The Kier molecular flexibility index (Phi) is 3.75. The second-order valence-corrected chi connectivity index (χ2v) is 6.44. The van der Waals surface area contributed by atoms with Crippen molar-refractivity contribution in [1.82, 2.24) is 14.8 Å². The Labute approximate surface area is 144 Å². The van der Waals surface area contributed by atoms with Crippen molar-refractivity contribution in [1.29, 1.82) is 0 Å². The van der Waals surface area contributed by atoms with Gasteiger partial charge in [-0.25, -0.2) is 9.67 Å². The number of aliphatic hydroxyl groups is 1. The third-order valence-corrected chi connectivity index (χ3v) is 4.58. The van der Waals surface area contributed by atoms with Crippen LogP contribution in [0.3, 0.4) is 0 Å². The number of nitrogens with zero attached hydrogens (tertiary/aromatic N) is 3. The highest BCUT2D eigenvalue weighted by molar-refractivity contribution is 6.30. The number of halogens is 1. The quantitative estimate of drug-likeness (QED) is 0.788. The monoisotopic (exact) mass is 341 g/mol. The van der Waals surface area contributed by atoms with Gasteiger partial charge in [0.1, 0.15) is 29.8 Å². The number of hydrogen-bond acceptors (Lipinski definition) is 4. The van der Waals surface area contributed by atoms with Crippen molar-refractivity contribution >= 4 is 11.6 Å². The molecule has 4 rings (SSSR count). The highest BCUT2D eigenvalue weighted by Gasteiger charge is 2.37. The van der Waals surface area contributed by atoms with Gasteiger partial charge in [0.25, 0.3) is 0 Å². The first-order chi connectivity index (χ1) is 11.6. The summed E-state index contributed by atoms with van der Waals surface area (Å²) in [4.78, 5) is 3.93. The predicted molar refractivity (Wildman–Crippen MR) is 90.2 cm³/mol. The highest BCUT2D eigenvalue weighted by atomic mass is 35.5. The minimum atomic E-state index is -0.915. The van der Waals surface area contributed by atoms with Crippen molar-refractivity contribution < 1.29 is 9.84 Å². The van der Waals surface area contributed by atoms with E-state index in [-0.39, 0.29) is 0 Å². The molecule has 0 saturated heterocycles. The van der Waals surface area contributed by atoms with E-state index in [1.165, 1.54) is 6.33 Å². The van der Waals surface area contributed by atoms with E-state index in [1.54, 1.807) is 23.1 Å². The Morgan fingerprint density at radius 2 is 1.96 bits per heavy atom. The lowest BCUT2D eigenvalue weighted by Crippen LogP contribution is -2.29. The van der Waals surface area contributed by atoms with E-state index >= 15 is 0 Å². The van der Waals surface area contributed by atoms with Crippen molar-refractivity contribution in [3.63, 3.8) is 0 Å². The molecule has 5 nitrogen and oxygen atoms in total. The van der Waals surface area contributed by atoms with Gasteiger partial charge >= 0.3 is 0 Å². The Balaban J connectivity index is 1.57. The minimum Gasteiger partial charge on any atom is -0.457 e. The Hall–Kier alpha value is -2.37. The Morgan fingerprint density at radius 1 is 1.17 bits per heavy atom. The van der Waals surface area contributed by atoms with Crippen LogP contribution in [0.5, 0.6) is 11.5 Å². The molecule has 24 heavy (non-hydrogen) atoms. The fraction of sp³-hybridized carbons (Fsp3) is 0.222. The number of hydrogen-bond donors (Lipinski definition) is 1. The molecule has 0 fully saturated rings. The summed E-state index contributed by atoms with van der Waals surface area (Å²) in [7, 11) is 0. The number of rotatable bonds is 4. The number of benzene rings is 2. The normalized spacial score (nSPS) is 19.2. The summed E-state index contributed by atoms with van der Waals surface area (Å²) in [6, 6.07) is 13.0. The number of aromatic nitrogens is 3. The molecule has 3 aromatic rings. The van der Waals surface area contributed by atoms with E-state index in [0.717, 1.165) is 29.0 Å². The second kappa shape index (κ2) is 5.92. The molecule has 0 saturated carbocycles. The van der Waals surface area contributed by atoms with Crippen molar-refractivity contribution in [2.75, 3.05) is 0 Å². The number of ether oxygens (including phenoxy) is 1. The molecule has 1 aromatic heterocycles. The van der Waals surface area contributed by atoms with Crippen molar-refractivity contribution in [2.45, 2.75) is 25.0 Å². The van der Waals surface area contributed by atoms with Gasteiger partial charge in [0, 0.05) is 5.02 Å². The molecule has 1 N–H and O–H groups in total. The van der Waals surface area contributed by atoms with Gasteiger partial charge in [0.05, 0.1) is 6.54 Å². The molecule has 1 heterocycles. The van der Waals surface area contributed by atoms with Gasteiger partial charge < -0.3 is 9.84 Å². The summed E-state index contributed by atoms with van der Waals surface area (Å²) in [5.74, 6) is 1.48. The summed E-state index contributed by atoms with van der Waals surface area (Å²) in [6.45, 7) is 0.400. The molecule has 122 valence electrons. The standard InChI is InChI=1S/C18H16ClN3O2/c19-14-1-3-15(4-2-14)24-16-5-6-17-13(9-16)7-8-18(17,23)10-22-12-20-11-21-22/h1-6,9,11-12,23H,7-8,10H2. The van der Waals surface area contributed by atoms with E-state index in [0.29, 0.717) is 18.0 Å². The summed E-state index contributed by atoms with van der Waals surface area (Å²) < 4.78 is 7.52. The fourth-order valence-corrected chi connectivity index (χ4v) is 3.28. The third-order valence-electron chi connectivity index (χ3n) is 4.33. The van der Waals surface area contributed by atoms with Crippen LogP contribution in [0, 0.1) is 0 Å². The van der Waals surface area contributed by atoms with Crippen LogP contribution in [-0.2, 0) is 18.6 Å². The zero-order chi connectivity index (χ0) is 16.6. The topological polar surface area (TPSA) is 60.2 Å². The van der Waals surface area contributed by atoms with Crippen molar-refractivity contribution in [3.05, 3.63) is 71.3 Å². The molecule has 1 unspecified atom stereocenters. The zero-order valence-corrected chi connectivity index (χ0v) is 13.6. The van der Waals surface area contributed by atoms with Gasteiger partial charge in [0.2, 0.25) is 0 Å². The summed E-state index contributed by atoms with van der Waals surface area (Å²) >= 11 is 5.89. The second-order valence-electron chi connectivity index (χ2n) is 6.00. The van der Waals surface area contributed by atoms with Crippen LogP contribution >= 0.6 is 11.6 Å². The molecular weight excluding hydrogens is 326 g/mol. The van der Waals surface area contributed by atoms with Gasteiger partial charge in [-0.2, -0.15) is 5.10 Å². The minimum absolute atomic E-state index is 0.400. The van der Waals surface area contributed by atoms with E-state index in [1.807, 2.05) is 30.3 Å². The largest absolute Gasteiger partial charge is 0.457 e. The van der Waals surface area contributed by atoms with Crippen LogP contribution in [0.2, 0.25) is 5.02 Å². The first-order valence-corrected chi connectivity index (χ1v) is 8.12. The Bertz CT molecular complexity index is 849. The van der Waals surface area contributed by atoms with Crippen LogP contribution in [-0.4, -0.2) is 19.9 Å². The van der Waals surface area contributed by atoms with Crippen LogP contribution in [0.4, 0.5) is 0 Å². The van der Waals surface area contributed by atoms with Gasteiger partial charge in [-0.3, -0.25) is 0 Å². The third kappa shape index (κ3) is 2.88. The van der Waals surface area contributed by atoms with Gasteiger partial charge in [-0.1, -0.05) is 17.7 Å². The van der Waals surface area contributed by atoms with Crippen molar-refractivity contribution in [2.24, 2.45) is 0 Å². The lowest BCUT2D eigenvalue weighted by Gasteiger charge is -2.23. The molecular formula is C18H16ClN3O2. The van der Waals surface area contributed by atoms with Gasteiger partial charge in [0.15, 0.2) is 0 Å². The molecule has 1 atom stereocenters. The summed E-state index contributed by atoms with van der Waals surface area (Å²) in [5.41, 5.74) is 1.12. The fourth-order valence-electron chi connectivity index (χ4n) is 3.16. The summed E-state index contributed by atoms with van der Waals surface area (Å²) in [6.07, 6.45) is 4.56. The average molecular weight is 342 g/mol. The molecule has 0 amide bonds. The molecule has 1 aliphatic rings. The van der Waals surface area contributed by atoms with E-state index in [4.69, 9.17) is 16.3 Å². The predicted octanol–water partition coefficient (Wildman–Crippen LogP) is 3.56. The van der Waals surface area contributed by atoms with Crippen molar-refractivity contribution in [3.8, 4) is 11.5 Å². The molecule has 2 aromatic carbocycles. The molecule has 1 aliphatic carbocycles. The Morgan fingerprint density at radius 3 is 2.71 bits per heavy atom. The maximum atomic E-state index is 11.0. The molecule has 0 aliphatic heterocycles. The lowest BCUT2D eigenvalue weighted by atomic mass is 9.96. The van der Waals surface area contributed by atoms with E-state index in [9.17, 15) is 5.11 Å². The first kappa shape index (κ1) is 15.2. The number of aryl methyl sites for hydroxylation is 1. The van der Waals surface area contributed by atoms with E-state index in [2.05, 4.69) is 10.1 Å². The molecule has 6 heteroatoms. The summed E-state index contributed by atoms with van der Waals surface area (Å²) in [5, 5.41) is 15.7. The van der Waals surface area contributed by atoms with Crippen LogP contribution < -0.4 is 4.74 Å². The van der Waals surface area contributed by atoms with Crippen LogP contribution in [0.15, 0.2) is 55.1 Å². The van der Waals surface area contributed by atoms with Gasteiger partial charge in [-0.15, -0.1) is 0 Å². The maximum absolute atomic E-state index is 11.0. The average Bonchev–Trinajstić information content (AvgIpc) is 3.18. The zero-order valence-electron chi connectivity index (χ0n) is 12.9. The molecule has 0 bridgehead atoms.